The normalized spacial score (nSPS) is 28.5. The van der Waals surface area contributed by atoms with Gasteiger partial charge in [0.05, 0.1) is 18.6 Å². The van der Waals surface area contributed by atoms with Crippen LogP contribution in [0.5, 0.6) is 0 Å². The van der Waals surface area contributed by atoms with Gasteiger partial charge >= 0.3 is 0 Å². The Labute approximate surface area is 109 Å². The van der Waals surface area contributed by atoms with Gasteiger partial charge in [-0.1, -0.05) is 31.4 Å². The van der Waals surface area contributed by atoms with Gasteiger partial charge in [-0.05, 0) is 19.3 Å². The molecule has 2 rings (SSSR count). The number of hydrogen-bond donors (Lipinski definition) is 2. The van der Waals surface area contributed by atoms with Crippen LogP contribution in [-0.2, 0) is 9.53 Å². The lowest BCUT2D eigenvalue weighted by Crippen LogP contribution is -2.34. The Bertz CT molecular complexity index is 298. The second-order valence-electron chi connectivity index (χ2n) is 5.31. The van der Waals surface area contributed by atoms with Gasteiger partial charge in [0.15, 0.2) is 0 Å². The quantitative estimate of drug-likeness (QED) is 0.573. The summed E-state index contributed by atoms with van der Waals surface area (Å²) in [5.41, 5.74) is 5.72. The Morgan fingerprint density at radius 3 is 2.72 bits per heavy atom. The number of rotatable bonds is 5. The fourth-order valence-electron chi connectivity index (χ4n) is 2.68. The Balaban J connectivity index is 1.55. The smallest absolute Gasteiger partial charge is 0.227 e. The van der Waals surface area contributed by atoms with E-state index in [1.54, 1.807) is 0 Å². The third-order valence-electron chi connectivity index (χ3n) is 3.76. The first kappa shape index (κ1) is 13.6. The molecule has 0 aromatic carbocycles. The van der Waals surface area contributed by atoms with E-state index in [1.807, 2.05) is 12.2 Å². The molecule has 0 aromatic heterocycles. The second-order valence-corrected chi connectivity index (χ2v) is 5.31. The first-order chi connectivity index (χ1) is 8.75. The van der Waals surface area contributed by atoms with Crippen molar-refractivity contribution in [2.24, 2.45) is 11.7 Å². The monoisotopic (exact) mass is 252 g/mol. The van der Waals surface area contributed by atoms with Crippen molar-refractivity contribution in [1.29, 1.82) is 0 Å². The molecular formula is C14H24N2O2. The van der Waals surface area contributed by atoms with E-state index in [-0.39, 0.29) is 17.9 Å². The number of carbonyl (C=O) groups excluding carboxylic acids is 1. The van der Waals surface area contributed by atoms with Crippen molar-refractivity contribution in [3.8, 4) is 0 Å². The van der Waals surface area contributed by atoms with Crippen molar-refractivity contribution in [3.05, 3.63) is 12.2 Å². The summed E-state index contributed by atoms with van der Waals surface area (Å²) < 4.78 is 5.76. The highest BCUT2D eigenvalue weighted by atomic mass is 16.5. The van der Waals surface area contributed by atoms with Crippen LogP contribution in [0.25, 0.3) is 0 Å². The van der Waals surface area contributed by atoms with Crippen LogP contribution in [0.15, 0.2) is 12.2 Å². The molecule has 0 aliphatic heterocycles. The molecular weight excluding hydrogens is 228 g/mol. The van der Waals surface area contributed by atoms with E-state index in [4.69, 9.17) is 10.5 Å². The summed E-state index contributed by atoms with van der Waals surface area (Å²) in [6.45, 7) is 1.23. The van der Waals surface area contributed by atoms with Crippen LogP contribution < -0.4 is 11.1 Å². The molecule has 0 radical (unpaired) electrons. The van der Waals surface area contributed by atoms with Crippen LogP contribution in [0.4, 0.5) is 0 Å². The molecule has 2 aliphatic rings. The molecule has 0 saturated heterocycles. The molecule has 4 nitrogen and oxygen atoms in total. The molecule has 3 N–H and O–H groups in total. The number of nitrogens with two attached hydrogens (primary N) is 1. The summed E-state index contributed by atoms with van der Waals surface area (Å²) in [5.74, 6) is 0.0288. The molecule has 2 atom stereocenters. The van der Waals surface area contributed by atoms with E-state index in [2.05, 4.69) is 5.32 Å². The lowest BCUT2D eigenvalue weighted by molar-refractivity contribution is -0.124. The average Bonchev–Trinajstić information content (AvgIpc) is 2.82. The minimum atomic E-state index is -0.0466. The van der Waals surface area contributed by atoms with Crippen LogP contribution in [0, 0.1) is 5.92 Å². The van der Waals surface area contributed by atoms with Crippen molar-refractivity contribution in [1.82, 2.24) is 5.32 Å². The maximum atomic E-state index is 11.8. The fourth-order valence-corrected chi connectivity index (χ4v) is 2.68. The predicted octanol–water partition coefficient (Wildman–Crippen LogP) is 1.36. The highest BCUT2D eigenvalue weighted by molar-refractivity contribution is 5.81. The van der Waals surface area contributed by atoms with Crippen molar-refractivity contribution >= 4 is 5.91 Å². The van der Waals surface area contributed by atoms with Gasteiger partial charge in [-0.2, -0.15) is 0 Å². The summed E-state index contributed by atoms with van der Waals surface area (Å²) in [4.78, 5) is 11.8. The van der Waals surface area contributed by atoms with Crippen LogP contribution in [0.2, 0.25) is 0 Å². The number of ether oxygens (including phenoxy) is 1. The second kappa shape index (κ2) is 6.90. The topological polar surface area (TPSA) is 64.4 Å². The third-order valence-corrected chi connectivity index (χ3v) is 3.76. The Kier molecular flexibility index (Phi) is 5.20. The van der Waals surface area contributed by atoms with Crippen molar-refractivity contribution < 1.29 is 9.53 Å². The number of nitrogens with one attached hydrogen (secondary N) is 1. The molecule has 2 aliphatic carbocycles. The van der Waals surface area contributed by atoms with Crippen molar-refractivity contribution in [2.45, 2.75) is 50.7 Å². The summed E-state index contributed by atoms with van der Waals surface area (Å²) in [6.07, 6.45) is 11.2. The van der Waals surface area contributed by atoms with Crippen LogP contribution in [-0.4, -0.2) is 31.2 Å². The van der Waals surface area contributed by atoms with Gasteiger partial charge in [0.25, 0.3) is 0 Å². The largest absolute Gasteiger partial charge is 0.376 e. The lowest BCUT2D eigenvalue weighted by Gasteiger charge is -2.22. The first-order valence-corrected chi connectivity index (χ1v) is 7.09. The first-order valence-electron chi connectivity index (χ1n) is 7.09. The Morgan fingerprint density at radius 1 is 1.28 bits per heavy atom. The molecule has 1 saturated carbocycles. The number of amides is 1. The third kappa shape index (κ3) is 4.10. The maximum Gasteiger partial charge on any atom is 0.227 e. The van der Waals surface area contributed by atoms with Crippen LogP contribution in [0.3, 0.4) is 0 Å². The Morgan fingerprint density at radius 2 is 2.06 bits per heavy atom. The standard InChI is InChI=1S/C14H24N2O2/c15-12-7-6-11(10-12)14(17)16-8-9-18-13-4-2-1-3-5-13/h6-7,11-13H,1-5,8-10,15H2,(H,16,17). The van der Waals surface area contributed by atoms with Gasteiger partial charge in [-0.25, -0.2) is 0 Å². The van der Waals surface area contributed by atoms with Gasteiger partial charge in [-0.15, -0.1) is 0 Å². The molecule has 0 heterocycles. The van der Waals surface area contributed by atoms with E-state index >= 15 is 0 Å². The minimum Gasteiger partial charge on any atom is -0.376 e. The summed E-state index contributed by atoms with van der Waals surface area (Å²) >= 11 is 0. The predicted molar refractivity (Wildman–Crippen MR) is 71.1 cm³/mol. The molecule has 18 heavy (non-hydrogen) atoms. The van der Waals surface area contributed by atoms with Gasteiger partial charge < -0.3 is 15.8 Å². The Hall–Kier alpha value is -0.870. The SMILES string of the molecule is NC1C=CC(C(=O)NCCOC2CCCCC2)C1. The maximum absolute atomic E-state index is 11.8. The van der Waals surface area contributed by atoms with Crippen molar-refractivity contribution in [2.75, 3.05) is 13.2 Å². The average molecular weight is 252 g/mol. The summed E-state index contributed by atoms with van der Waals surface area (Å²) in [6, 6.07) is 0.0410. The van der Waals surface area contributed by atoms with Gasteiger partial charge in [-0.3, -0.25) is 4.79 Å². The van der Waals surface area contributed by atoms with E-state index < -0.39 is 0 Å². The molecule has 0 aromatic rings. The van der Waals surface area contributed by atoms with Crippen LogP contribution in [0.1, 0.15) is 38.5 Å². The van der Waals surface area contributed by atoms with Gasteiger partial charge in [0.2, 0.25) is 5.91 Å². The minimum absolute atomic E-state index is 0.0410. The zero-order valence-corrected chi connectivity index (χ0v) is 10.9. The van der Waals surface area contributed by atoms with Crippen LogP contribution >= 0.6 is 0 Å². The molecule has 0 spiro atoms. The number of carbonyl (C=O) groups is 1. The molecule has 102 valence electrons. The highest BCUT2D eigenvalue weighted by Crippen LogP contribution is 2.20. The lowest BCUT2D eigenvalue weighted by atomic mass is 9.98. The van der Waals surface area contributed by atoms with Gasteiger partial charge in [0, 0.05) is 12.6 Å². The molecule has 2 unspecified atom stereocenters. The van der Waals surface area contributed by atoms with E-state index in [0.29, 0.717) is 19.3 Å². The summed E-state index contributed by atoms with van der Waals surface area (Å²) in [7, 11) is 0. The van der Waals surface area contributed by atoms with Crippen molar-refractivity contribution in [3.63, 3.8) is 0 Å². The highest BCUT2D eigenvalue weighted by Gasteiger charge is 2.22. The fraction of sp³-hybridized carbons (Fsp3) is 0.786. The molecule has 1 fully saturated rings. The zero-order valence-electron chi connectivity index (χ0n) is 10.9. The zero-order chi connectivity index (χ0) is 12.8. The molecule has 0 bridgehead atoms. The van der Waals surface area contributed by atoms with E-state index in [0.717, 1.165) is 6.42 Å². The molecule has 4 heteroatoms. The van der Waals surface area contributed by atoms with E-state index in [9.17, 15) is 4.79 Å². The van der Waals surface area contributed by atoms with Gasteiger partial charge in [0.1, 0.15) is 0 Å². The van der Waals surface area contributed by atoms with E-state index in [1.165, 1.54) is 32.1 Å². The number of hydrogen-bond acceptors (Lipinski definition) is 3. The molecule has 1 amide bonds. The summed E-state index contributed by atoms with van der Waals surface area (Å²) in [5, 5.41) is 2.91.